The molecule has 1 amide bonds. The topological polar surface area (TPSA) is 75.6 Å². The highest BCUT2D eigenvalue weighted by atomic mass is 35.5. The summed E-state index contributed by atoms with van der Waals surface area (Å²) < 4.78 is 5.46. The summed E-state index contributed by atoms with van der Waals surface area (Å²) in [5.41, 5.74) is 0. The molecule has 0 aliphatic rings. The molecule has 0 aliphatic heterocycles. The molecule has 0 aromatic heterocycles. The first-order chi connectivity index (χ1) is 9.42. The van der Waals surface area contributed by atoms with E-state index in [-0.39, 0.29) is 12.3 Å². The lowest BCUT2D eigenvalue weighted by molar-refractivity contribution is -0.138. The van der Waals surface area contributed by atoms with Gasteiger partial charge < -0.3 is 15.2 Å². The zero-order valence-corrected chi connectivity index (χ0v) is 12.2. The zero-order chi connectivity index (χ0) is 15.1. The quantitative estimate of drug-likeness (QED) is 0.811. The number of carbonyl (C=O) groups is 2. The zero-order valence-electron chi connectivity index (χ0n) is 11.4. The molecule has 0 radical (unpaired) electrons. The predicted octanol–water partition coefficient (Wildman–Crippen LogP) is 2.48. The van der Waals surface area contributed by atoms with Gasteiger partial charge in [-0.15, -0.1) is 0 Å². The molecule has 2 atom stereocenters. The monoisotopic (exact) mass is 299 g/mol. The number of aliphatic carboxylic acids is 1. The van der Waals surface area contributed by atoms with Crippen LogP contribution >= 0.6 is 11.6 Å². The number of nitrogens with one attached hydrogen (secondary N) is 1. The summed E-state index contributed by atoms with van der Waals surface area (Å²) >= 11 is 5.76. The van der Waals surface area contributed by atoms with Crippen LogP contribution in [-0.2, 0) is 9.59 Å². The number of carboxylic acids is 1. The Labute approximate surface area is 122 Å². The molecule has 0 heterocycles. The largest absolute Gasteiger partial charge is 0.481 e. The molecule has 0 spiro atoms. The molecule has 0 fully saturated rings. The van der Waals surface area contributed by atoms with E-state index in [1.54, 1.807) is 31.2 Å². The molecular weight excluding hydrogens is 282 g/mol. The van der Waals surface area contributed by atoms with Crippen molar-refractivity contribution in [3.8, 4) is 5.75 Å². The number of amides is 1. The lowest BCUT2D eigenvalue weighted by atomic mass is 10.1. The Bertz CT molecular complexity index is 461. The van der Waals surface area contributed by atoms with Gasteiger partial charge in [-0.2, -0.15) is 0 Å². The maximum Gasteiger partial charge on any atom is 0.305 e. The number of carbonyl (C=O) groups excluding carboxylic acids is 1. The van der Waals surface area contributed by atoms with Gasteiger partial charge in [0, 0.05) is 11.1 Å². The number of halogens is 1. The summed E-state index contributed by atoms with van der Waals surface area (Å²) in [5.74, 6) is -0.750. The molecule has 1 rings (SSSR count). The molecule has 0 aliphatic carbocycles. The van der Waals surface area contributed by atoms with Crippen LogP contribution in [0.4, 0.5) is 0 Å². The second kappa shape index (κ2) is 7.75. The van der Waals surface area contributed by atoms with Gasteiger partial charge in [0.1, 0.15) is 5.75 Å². The van der Waals surface area contributed by atoms with Crippen LogP contribution in [0.15, 0.2) is 24.3 Å². The standard InChI is InChI=1S/C14H18ClNO4/c1-3-11(8-13(17)18)16-14(19)9(2)20-12-6-4-10(15)5-7-12/h4-7,9,11H,3,8H2,1-2H3,(H,16,19)(H,17,18). The van der Waals surface area contributed by atoms with Crippen LogP contribution in [-0.4, -0.2) is 29.1 Å². The van der Waals surface area contributed by atoms with Crippen LogP contribution in [0.5, 0.6) is 5.75 Å². The molecule has 0 saturated carbocycles. The van der Waals surface area contributed by atoms with E-state index < -0.39 is 18.1 Å². The Balaban J connectivity index is 2.53. The first-order valence-electron chi connectivity index (χ1n) is 6.36. The minimum atomic E-state index is -0.941. The van der Waals surface area contributed by atoms with Gasteiger partial charge in [-0.05, 0) is 37.6 Å². The van der Waals surface area contributed by atoms with E-state index >= 15 is 0 Å². The minimum Gasteiger partial charge on any atom is -0.481 e. The Hall–Kier alpha value is -1.75. The number of benzene rings is 1. The number of rotatable bonds is 7. The van der Waals surface area contributed by atoms with Gasteiger partial charge in [-0.25, -0.2) is 0 Å². The van der Waals surface area contributed by atoms with Crippen molar-refractivity contribution in [2.75, 3.05) is 0 Å². The molecule has 2 N–H and O–H groups in total. The first-order valence-corrected chi connectivity index (χ1v) is 6.74. The van der Waals surface area contributed by atoms with Crippen molar-refractivity contribution in [2.24, 2.45) is 0 Å². The summed E-state index contributed by atoms with van der Waals surface area (Å²) in [6.07, 6.45) is -0.263. The second-order valence-corrected chi connectivity index (χ2v) is 4.86. The fraction of sp³-hybridized carbons (Fsp3) is 0.429. The number of hydrogen-bond acceptors (Lipinski definition) is 3. The van der Waals surface area contributed by atoms with Crippen molar-refractivity contribution < 1.29 is 19.4 Å². The molecule has 5 nitrogen and oxygen atoms in total. The Morgan fingerprint density at radius 2 is 1.95 bits per heavy atom. The third-order valence-corrected chi connectivity index (χ3v) is 3.01. The van der Waals surface area contributed by atoms with Gasteiger partial charge in [0.15, 0.2) is 6.10 Å². The molecular formula is C14H18ClNO4. The van der Waals surface area contributed by atoms with Crippen LogP contribution in [0.1, 0.15) is 26.7 Å². The molecule has 0 bridgehead atoms. The summed E-state index contributed by atoms with van der Waals surface area (Å²) in [4.78, 5) is 22.6. The van der Waals surface area contributed by atoms with Crippen molar-refractivity contribution in [3.63, 3.8) is 0 Å². The van der Waals surface area contributed by atoms with Crippen LogP contribution < -0.4 is 10.1 Å². The van der Waals surface area contributed by atoms with Crippen molar-refractivity contribution in [3.05, 3.63) is 29.3 Å². The van der Waals surface area contributed by atoms with Gasteiger partial charge in [0.05, 0.1) is 6.42 Å². The maximum absolute atomic E-state index is 11.9. The fourth-order valence-corrected chi connectivity index (χ4v) is 1.72. The lowest BCUT2D eigenvalue weighted by Crippen LogP contribution is -2.43. The molecule has 1 aromatic carbocycles. The van der Waals surface area contributed by atoms with Crippen LogP contribution in [0.25, 0.3) is 0 Å². The van der Waals surface area contributed by atoms with E-state index in [0.29, 0.717) is 17.2 Å². The fourth-order valence-electron chi connectivity index (χ4n) is 1.60. The predicted molar refractivity (Wildman–Crippen MR) is 76.0 cm³/mol. The van der Waals surface area contributed by atoms with Gasteiger partial charge >= 0.3 is 5.97 Å². The average Bonchev–Trinajstić information content (AvgIpc) is 2.39. The highest BCUT2D eigenvalue weighted by Gasteiger charge is 2.19. The number of hydrogen-bond donors (Lipinski definition) is 2. The molecule has 6 heteroatoms. The van der Waals surface area contributed by atoms with Crippen LogP contribution in [0.2, 0.25) is 5.02 Å². The van der Waals surface area contributed by atoms with Crippen LogP contribution in [0.3, 0.4) is 0 Å². The number of ether oxygens (including phenoxy) is 1. The van der Waals surface area contributed by atoms with E-state index in [1.807, 2.05) is 6.92 Å². The smallest absolute Gasteiger partial charge is 0.305 e. The molecule has 1 aromatic rings. The Morgan fingerprint density at radius 1 is 1.35 bits per heavy atom. The lowest BCUT2D eigenvalue weighted by Gasteiger charge is -2.19. The molecule has 2 unspecified atom stereocenters. The van der Waals surface area contributed by atoms with Gasteiger partial charge in [-0.1, -0.05) is 18.5 Å². The van der Waals surface area contributed by atoms with E-state index in [1.165, 1.54) is 0 Å². The van der Waals surface area contributed by atoms with Crippen molar-refractivity contribution in [1.82, 2.24) is 5.32 Å². The van der Waals surface area contributed by atoms with Gasteiger partial charge in [0.25, 0.3) is 5.91 Å². The van der Waals surface area contributed by atoms with Gasteiger partial charge in [-0.3, -0.25) is 9.59 Å². The number of carboxylic acid groups (broad SMARTS) is 1. The normalized spacial score (nSPS) is 13.3. The molecule has 110 valence electrons. The van der Waals surface area contributed by atoms with Crippen molar-refractivity contribution >= 4 is 23.5 Å². The third kappa shape index (κ3) is 5.48. The second-order valence-electron chi connectivity index (χ2n) is 4.43. The van der Waals surface area contributed by atoms with Crippen LogP contribution in [0, 0.1) is 0 Å². The van der Waals surface area contributed by atoms with E-state index in [2.05, 4.69) is 5.32 Å². The summed E-state index contributed by atoms with van der Waals surface area (Å²) in [6, 6.07) is 6.28. The van der Waals surface area contributed by atoms with Gasteiger partial charge in [0.2, 0.25) is 0 Å². The molecule has 20 heavy (non-hydrogen) atoms. The highest BCUT2D eigenvalue weighted by molar-refractivity contribution is 6.30. The third-order valence-electron chi connectivity index (χ3n) is 2.76. The Morgan fingerprint density at radius 3 is 2.45 bits per heavy atom. The summed E-state index contributed by atoms with van der Waals surface area (Å²) in [7, 11) is 0. The first kappa shape index (κ1) is 16.3. The van der Waals surface area contributed by atoms with Crippen molar-refractivity contribution in [1.29, 1.82) is 0 Å². The highest BCUT2D eigenvalue weighted by Crippen LogP contribution is 2.16. The summed E-state index contributed by atoms with van der Waals surface area (Å²) in [6.45, 7) is 3.43. The Kier molecular flexibility index (Phi) is 6.31. The SMILES string of the molecule is CCC(CC(=O)O)NC(=O)C(C)Oc1ccc(Cl)cc1. The maximum atomic E-state index is 11.9. The van der Waals surface area contributed by atoms with Crippen molar-refractivity contribution in [2.45, 2.75) is 38.8 Å². The van der Waals surface area contributed by atoms with E-state index in [9.17, 15) is 9.59 Å². The minimum absolute atomic E-state index is 0.101. The average molecular weight is 300 g/mol. The van der Waals surface area contributed by atoms with E-state index in [4.69, 9.17) is 21.4 Å². The summed E-state index contributed by atoms with van der Waals surface area (Å²) in [5, 5.41) is 12.0. The molecule has 0 saturated heterocycles. The van der Waals surface area contributed by atoms with E-state index in [0.717, 1.165) is 0 Å².